The minimum absolute atomic E-state index is 0.121. The summed E-state index contributed by atoms with van der Waals surface area (Å²) in [4.78, 5) is 11.1. The molecule has 0 radical (unpaired) electrons. The van der Waals surface area contributed by atoms with Crippen LogP contribution in [-0.2, 0) is 9.53 Å². The molecule has 0 bridgehead atoms. The third kappa shape index (κ3) is 15.5. The third-order valence-electron chi connectivity index (χ3n) is 5.82. The molecule has 0 aromatic rings. The van der Waals surface area contributed by atoms with Crippen LogP contribution < -0.4 is 0 Å². The van der Waals surface area contributed by atoms with E-state index < -0.39 is 18.2 Å². The average Bonchev–Trinajstić information content (AvgIpc) is 2.73. The van der Waals surface area contributed by atoms with Crippen LogP contribution in [-0.4, -0.2) is 35.0 Å². The first-order valence-corrected chi connectivity index (χ1v) is 12.1. The number of aliphatic hydroxyl groups is 1. The lowest BCUT2D eigenvalue weighted by atomic mass is 9.85. The van der Waals surface area contributed by atoms with E-state index in [1.165, 1.54) is 23.6 Å². The van der Waals surface area contributed by atoms with E-state index >= 15 is 0 Å². The van der Waals surface area contributed by atoms with Crippen molar-refractivity contribution in [3.63, 3.8) is 0 Å². The Morgan fingerprint density at radius 3 is 2.12 bits per heavy atom. The number of aliphatic carboxylic acids is 1. The molecule has 4 nitrogen and oxygen atoms in total. The predicted molar refractivity (Wildman–Crippen MR) is 140 cm³/mol. The number of carbonyl (C=O) groups is 1. The van der Waals surface area contributed by atoms with Gasteiger partial charge in [-0.3, -0.25) is 0 Å². The van der Waals surface area contributed by atoms with Gasteiger partial charge in [0.1, 0.15) is 0 Å². The molecule has 33 heavy (non-hydrogen) atoms. The highest BCUT2D eigenvalue weighted by Gasteiger charge is 2.33. The summed E-state index contributed by atoms with van der Waals surface area (Å²) in [5.41, 5.74) is 3.81. The standard InChI is InChI=1S/C29H48O4/c1-23(2)12-11-14-24(3)15-16-26(5)17-20-28(6,7)19-10-9-13-25(4)18-21-33-29(8,22-30)27(31)32/h10,12,15,18-19,30H,5,9,11,13-14,16-17,20-22H2,1-4,6-8H3,(H,31,32)/t29-/m1/s1. The Labute approximate surface area is 202 Å². The molecule has 0 unspecified atom stereocenters. The topological polar surface area (TPSA) is 66.8 Å². The van der Waals surface area contributed by atoms with Gasteiger partial charge in [-0.15, -0.1) is 0 Å². The minimum atomic E-state index is -1.55. The molecule has 0 amide bonds. The first-order valence-electron chi connectivity index (χ1n) is 12.1. The van der Waals surface area contributed by atoms with Crippen LogP contribution in [0, 0.1) is 5.41 Å². The van der Waals surface area contributed by atoms with E-state index in [4.69, 9.17) is 9.84 Å². The zero-order valence-electron chi connectivity index (χ0n) is 22.2. The van der Waals surface area contributed by atoms with Crippen molar-refractivity contribution in [2.24, 2.45) is 5.41 Å². The number of allylic oxidation sites excluding steroid dienone is 8. The van der Waals surface area contributed by atoms with Crippen molar-refractivity contribution in [1.82, 2.24) is 0 Å². The molecule has 2 N–H and O–H groups in total. The smallest absolute Gasteiger partial charge is 0.338 e. The second-order valence-electron chi connectivity index (χ2n) is 10.3. The lowest BCUT2D eigenvalue weighted by Crippen LogP contribution is -2.42. The third-order valence-corrected chi connectivity index (χ3v) is 5.82. The molecule has 4 heteroatoms. The summed E-state index contributed by atoms with van der Waals surface area (Å²) in [5.74, 6) is -1.16. The summed E-state index contributed by atoms with van der Waals surface area (Å²) in [7, 11) is 0. The molecule has 0 aromatic heterocycles. The summed E-state index contributed by atoms with van der Waals surface area (Å²) < 4.78 is 5.33. The fourth-order valence-electron chi connectivity index (χ4n) is 3.05. The molecule has 0 heterocycles. The Morgan fingerprint density at radius 2 is 1.55 bits per heavy atom. The van der Waals surface area contributed by atoms with E-state index in [0.717, 1.165) is 50.5 Å². The number of carboxylic acids is 1. The van der Waals surface area contributed by atoms with E-state index in [1.807, 2.05) is 13.0 Å². The SMILES string of the molecule is C=C(CC=C(C)CCC=C(C)C)CCC(C)(C)C=CCCC(C)=CCO[C@](C)(CO)C(=O)O. The van der Waals surface area contributed by atoms with Gasteiger partial charge in [-0.25, -0.2) is 4.79 Å². The van der Waals surface area contributed by atoms with Crippen molar-refractivity contribution in [2.75, 3.05) is 13.2 Å². The van der Waals surface area contributed by atoms with Crippen molar-refractivity contribution in [2.45, 2.75) is 99.0 Å². The van der Waals surface area contributed by atoms with Gasteiger partial charge < -0.3 is 14.9 Å². The van der Waals surface area contributed by atoms with Crippen LogP contribution in [0.4, 0.5) is 0 Å². The molecule has 1 atom stereocenters. The van der Waals surface area contributed by atoms with Crippen LogP contribution in [0.2, 0.25) is 0 Å². The van der Waals surface area contributed by atoms with Gasteiger partial charge in [0.15, 0.2) is 5.60 Å². The van der Waals surface area contributed by atoms with Gasteiger partial charge in [0.25, 0.3) is 0 Å². The molecule has 0 aliphatic rings. The van der Waals surface area contributed by atoms with E-state index in [0.29, 0.717) is 0 Å². The van der Waals surface area contributed by atoms with Gasteiger partial charge in [-0.2, -0.15) is 0 Å². The Hall–Kier alpha value is -1.91. The van der Waals surface area contributed by atoms with Crippen LogP contribution in [0.25, 0.3) is 0 Å². The molecular formula is C29H48O4. The monoisotopic (exact) mass is 460 g/mol. The van der Waals surface area contributed by atoms with Crippen molar-refractivity contribution < 1.29 is 19.7 Å². The van der Waals surface area contributed by atoms with E-state index in [-0.39, 0.29) is 12.0 Å². The number of rotatable bonds is 17. The zero-order valence-corrected chi connectivity index (χ0v) is 22.2. The first-order chi connectivity index (χ1) is 15.3. The molecule has 188 valence electrons. The molecule has 0 aliphatic carbocycles. The Balaban J connectivity index is 4.34. The van der Waals surface area contributed by atoms with Crippen molar-refractivity contribution in [3.8, 4) is 0 Å². The molecule has 0 saturated heterocycles. The number of ether oxygens (including phenoxy) is 1. The molecule has 0 spiro atoms. The van der Waals surface area contributed by atoms with E-state index in [9.17, 15) is 9.90 Å². The largest absolute Gasteiger partial charge is 0.479 e. The van der Waals surface area contributed by atoms with Gasteiger partial charge in [-0.05, 0) is 85.0 Å². The summed E-state index contributed by atoms with van der Waals surface area (Å²) in [6.07, 6.45) is 18.1. The highest BCUT2D eigenvalue weighted by Crippen LogP contribution is 2.27. The molecule has 0 aromatic carbocycles. The zero-order chi connectivity index (χ0) is 25.5. The summed E-state index contributed by atoms with van der Waals surface area (Å²) in [5, 5.41) is 18.3. The van der Waals surface area contributed by atoms with Gasteiger partial charge in [0.2, 0.25) is 0 Å². The molecule has 0 fully saturated rings. The average molecular weight is 461 g/mol. The summed E-state index contributed by atoms with van der Waals surface area (Å²) >= 11 is 0. The Bertz CT molecular complexity index is 733. The van der Waals surface area contributed by atoms with Crippen molar-refractivity contribution in [1.29, 1.82) is 0 Å². The van der Waals surface area contributed by atoms with Crippen molar-refractivity contribution >= 4 is 5.97 Å². The number of carboxylic acid groups (broad SMARTS) is 1. The van der Waals surface area contributed by atoms with Crippen LogP contribution >= 0.6 is 0 Å². The summed E-state index contributed by atoms with van der Waals surface area (Å²) in [6.45, 7) is 18.3. The van der Waals surface area contributed by atoms with Gasteiger partial charge in [-0.1, -0.05) is 73.1 Å². The van der Waals surface area contributed by atoms with E-state index in [1.54, 1.807) is 0 Å². The lowest BCUT2D eigenvalue weighted by molar-refractivity contribution is -0.167. The number of hydrogen-bond donors (Lipinski definition) is 2. The predicted octanol–water partition coefficient (Wildman–Crippen LogP) is 7.57. The fraction of sp³-hybridized carbons (Fsp3) is 0.621. The Kier molecular flexibility index (Phi) is 14.9. The van der Waals surface area contributed by atoms with Gasteiger partial charge in [0.05, 0.1) is 13.2 Å². The highest BCUT2D eigenvalue weighted by atomic mass is 16.5. The van der Waals surface area contributed by atoms with Crippen LogP contribution in [0.15, 0.2) is 59.3 Å². The number of hydrogen-bond acceptors (Lipinski definition) is 3. The lowest BCUT2D eigenvalue weighted by Gasteiger charge is -2.22. The Morgan fingerprint density at radius 1 is 0.939 bits per heavy atom. The quantitative estimate of drug-likeness (QED) is 0.220. The number of aliphatic hydroxyl groups excluding tert-OH is 1. The van der Waals surface area contributed by atoms with Crippen LogP contribution in [0.5, 0.6) is 0 Å². The second kappa shape index (κ2) is 15.8. The maximum absolute atomic E-state index is 11.1. The summed E-state index contributed by atoms with van der Waals surface area (Å²) in [6, 6.07) is 0. The highest BCUT2D eigenvalue weighted by molar-refractivity contribution is 5.77. The van der Waals surface area contributed by atoms with Crippen LogP contribution in [0.3, 0.4) is 0 Å². The normalized spacial score (nSPS) is 14.9. The maximum Gasteiger partial charge on any atom is 0.338 e. The fourth-order valence-corrected chi connectivity index (χ4v) is 3.05. The first kappa shape index (κ1) is 31.1. The van der Waals surface area contributed by atoms with E-state index in [2.05, 4.69) is 65.5 Å². The molecule has 0 rings (SSSR count). The minimum Gasteiger partial charge on any atom is -0.479 e. The van der Waals surface area contributed by atoms with Crippen molar-refractivity contribution in [3.05, 3.63) is 59.3 Å². The van der Waals surface area contributed by atoms with Crippen LogP contribution in [0.1, 0.15) is 93.4 Å². The second-order valence-corrected chi connectivity index (χ2v) is 10.3. The molecule has 0 aliphatic heterocycles. The van der Waals surface area contributed by atoms with Gasteiger partial charge in [0, 0.05) is 0 Å². The van der Waals surface area contributed by atoms with Gasteiger partial charge >= 0.3 is 5.97 Å². The maximum atomic E-state index is 11.1. The molecule has 0 saturated carbocycles. The molecular weight excluding hydrogens is 412 g/mol.